The largest absolute Gasteiger partial charge is 0.492 e. The number of ether oxygens (including phenoxy) is 1. The number of rotatable bonds is 8. The lowest BCUT2D eigenvalue weighted by Crippen LogP contribution is -2.45. The molecule has 1 heterocycles. The van der Waals surface area contributed by atoms with E-state index in [1.54, 1.807) is 0 Å². The number of halogens is 7. The molecule has 0 amide bonds. The minimum Gasteiger partial charge on any atom is -0.492 e. The van der Waals surface area contributed by atoms with Crippen molar-refractivity contribution in [2.24, 2.45) is 17.3 Å². The Bertz CT molecular complexity index is 1330. The molecule has 5 rings (SSSR count). The molecule has 15 heteroatoms. The van der Waals surface area contributed by atoms with Crippen LogP contribution in [0.4, 0.5) is 36.4 Å². The zero-order valence-electron chi connectivity index (χ0n) is 23.1. The number of alkyl halides is 7. The second-order valence-electron chi connectivity index (χ2n) is 12.5. The average molecular weight is 631 g/mol. The van der Waals surface area contributed by atoms with Crippen LogP contribution in [0.3, 0.4) is 0 Å². The van der Waals surface area contributed by atoms with Gasteiger partial charge in [-0.3, -0.25) is 4.79 Å². The van der Waals surface area contributed by atoms with Crippen LogP contribution in [0.25, 0.3) is 0 Å². The van der Waals surface area contributed by atoms with Crippen molar-refractivity contribution in [1.29, 1.82) is 0 Å². The highest BCUT2D eigenvalue weighted by Gasteiger charge is 2.54. The van der Waals surface area contributed by atoms with E-state index in [-0.39, 0.29) is 57.2 Å². The Morgan fingerprint density at radius 2 is 1.69 bits per heavy atom. The van der Waals surface area contributed by atoms with Crippen molar-refractivity contribution in [1.82, 2.24) is 4.31 Å². The van der Waals surface area contributed by atoms with Crippen molar-refractivity contribution < 1.29 is 53.8 Å². The summed E-state index contributed by atoms with van der Waals surface area (Å²) in [5.74, 6) is -8.87. The van der Waals surface area contributed by atoms with Crippen LogP contribution in [0.15, 0.2) is 17.0 Å². The molecule has 1 aliphatic heterocycles. The van der Waals surface area contributed by atoms with E-state index in [0.717, 1.165) is 10.4 Å². The smallest absolute Gasteiger partial charge is 0.420 e. The molecule has 236 valence electrons. The van der Waals surface area contributed by atoms with Crippen LogP contribution < -0.4 is 9.64 Å². The van der Waals surface area contributed by atoms with Gasteiger partial charge in [-0.2, -0.15) is 17.5 Å². The number of hydrogen-bond donors (Lipinski definition) is 1. The van der Waals surface area contributed by atoms with Gasteiger partial charge in [0.1, 0.15) is 22.7 Å². The van der Waals surface area contributed by atoms with Crippen molar-refractivity contribution in [3.63, 3.8) is 0 Å². The van der Waals surface area contributed by atoms with Gasteiger partial charge < -0.3 is 14.7 Å². The molecule has 3 atom stereocenters. The van der Waals surface area contributed by atoms with Crippen molar-refractivity contribution in [2.75, 3.05) is 25.1 Å². The van der Waals surface area contributed by atoms with E-state index in [1.807, 2.05) is 0 Å². The number of anilines is 1. The Balaban J connectivity index is 1.59. The van der Waals surface area contributed by atoms with E-state index in [0.29, 0.717) is 13.0 Å². The van der Waals surface area contributed by atoms with Crippen molar-refractivity contribution in [3.8, 4) is 5.75 Å². The average Bonchev–Trinajstić information content (AvgIpc) is 3.49. The molecule has 3 saturated carbocycles. The topological polar surface area (TPSA) is 87.2 Å². The van der Waals surface area contributed by atoms with E-state index < -0.39 is 92.6 Å². The first-order chi connectivity index (χ1) is 19.2. The Morgan fingerprint density at radius 3 is 2.19 bits per heavy atom. The molecular formula is C27H33F7N2O5S. The molecule has 0 bridgehead atoms. The molecule has 0 radical (unpaired) electrons. The van der Waals surface area contributed by atoms with Gasteiger partial charge in [0.25, 0.3) is 0 Å². The van der Waals surface area contributed by atoms with Crippen molar-refractivity contribution in [2.45, 2.75) is 93.3 Å². The maximum atomic E-state index is 14.3. The van der Waals surface area contributed by atoms with Gasteiger partial charge in [0, 0.05) is 51.0 Å². The van der Waals surface area contributed by atoms with E-state index in [1.165, 1.54) is 11.9 Å². The normalized spacial score (nSPS) is 30.0. The number of hydrogen-bond acceptors (Lipinski definition) is 5. The van der Waals surface area contributed by atoms with Gasteiger partial charge in [-0.05, 0) is 56.9 Å². The maximum absolute atomic E-state index is 14.3. The number of fused-ring (bicyclic) bond motifs is 2. The molecule has 1 aromatic rings. The molecule has 3 fully saturated rings. The van der Waals surface area contributed by atoms with Gasteiger partial charge in [0.05, 0.1) is 11.3 Å². The van der Waals surface area contributed by atoms with Crippen LogP contribution in [-0.4, -0.2) is 67.9 Å². The summed E-state index contributed by atoms with van der Waals surface area (Å²) in [6.07, 6.45) is -5.96. The summed E-state index contributed by atoms with van der Waals surface area (Å²) in [7, 11) is -3.38. The summed E-state index contributed by atoms with van der Waals surface area (Å²) in [5.41, 5.74) is -2.98. The predicted molar refractivity (Wildman–Crippen MR) is 136 cm³/mol. The Hall–Kier alpha value is -2.29. The van der Waals surface area contributed by atoms with E-state index in [4.69, 9.17) is 4.74 Å². The zero-order valence-corrected chi connectivity index (χ0v) is 23.9. The minimum absolute atomic E-state index is 0.191. The first-order valence-electron chi connectivity index (χ1n) is 13.8. The van der Waals surface area contributed by atoms with Crippen LogP contribution in [0.5, 0.6) is 5.75 Å². The molecule has 0 spiro atoms. The Kier molecular flexibility index (Phi) is 7.51. The van der Waals surface area contributed by atoms with Gasteiger partial charge >= 0.3 is 12.1 Å². The lowest BCUT2D eigenvalue weighted by atomic mass is 10.0. The van der Waals surface area contributed by atoms with Gasteiger partial charge in [0.2, 0.25) is 21.9 Å². The quantitative estimate of drug-likeness (QED) is 0.354. The van der Waals surface area contributed by atoms with Gasteiger partial charge in [-0.1, -0.05) is 0 Å². The lowest BCUT2D eigenvalue weighted by Gasteiger charge is -2.35. The van der Waals surface area contributed by atoms with Crippen LogP contribution in [-0.2, 0) is 21.0 Å². The Labute approximate surface area is 239 Å². The van der Waals surface area contributed by atoms with Crippen LogP contribution in [0.2, 0.25) is 0 Å². The third-order valence-electron chi connectivity index (χ3n) is 9.36. The van der Waals surface area contributed by atoms with Gasteiger partial charge in [0.15, 0.2) is 0 Å². The molecule has 2 unspecified atom stereocenters. The second kappa shape index (κ2) is 10.1. The number of carboxylic acid groups (broad SMARTS) is 1. The fraction of sp³-hybridized carbons (Fsp3) is 0.741. The zero-order chi connectivity index (χ0) is 31.0. The molecule has 42 heavy (non-hydrogen) atoms. The monoisotopic (exact) mass is 630 g/mol. The standard InChI is InChI=1S/C27H33F7N2O5S/c1-24(28,29)4-3-17-13-36(18-7-15-11-26(30,31)12-16(15)8-18)20-9-19(27(32,33)34)21(10-22(20)42(39,40)35(17)2)41-14-25(5-6-25)23(37)38/h9-10,15-18H,3-8,11-14H2,1-2H3,(H,37,38)/t15?,16?,17-,18?/m1/s1. The number of nitrogens with zero attached hydrogens (tertiary/aromatic N) is 2. The maximum Gasteiger partial charge on any atom is 0.420 e. The highest BCUT2D eigenvalue weighted by molar-refractivity contribution is 7.89. The molecule has 0 aromatic heterocycles. The number of sulfonamides is 1. The molecule has 7 nitrogen and oxygen atoms in total. The number of likely N-dealkylation sites (N-methyl/N-ethyl adjacent to an activating group) is 1. The summed E-state index contributed by atoms with van der Waals surface area (Å²) in [6, 6.07) is -0.253. The third-order valence-corrected chi connectivity index (χ3v) is 11.3. The SMILES string of the molecule is CN1[C@H](CCC(C)(F)F)CN(C2CC3CC(F)(F)CC3C2)c2cc(C(F)(F)F)c(OCC3(C(=O)O)CC3)cc2S1(=O)=O. The highest BCUT2D eigenvalue weighted by atomic mass is 32.2. The summed E-state index contributed by atoms with van der Waals surface area (Å²) in [5, 5.41) is 9.44. The molecule has 1 aromatic carbocycles. The molecule has 0 saturated heterocycles. The third kappa shape index (κ3) is 5.91. The summed E-state index contributed by atoms with van der Waals surface area (Å²) in [4.78, 5) is 12.5. The van der Waals surface area contributed by atoms with E-state index >= 15 is 0 Å². The molecule has 3 aliphatic carbocycles. The predicted octanol–water partition coefficient (Wildman–Crippen LogP) is 6.02. The first kappa shape index (κ1) is 31.1. The number of carboxylic acids is 1. The van der Waals surface area contributed by atoms with Gasteiger partial charge in [-0.15, -0.1) is 0 Å². The Morgan fingerprint density at radius 1 is 1.10 bits per heavy atom. The number of carbonyl (C=O) groups is 1. The minimum atomic E-state index is -5.02. The summed E-state index contributed by atoms with van der Waals surface area (Å²) in [6.45, 7) is -0.122. The van der Waals surface area contributed by atoms with Crippen LogP contribution in [0.1, 0.15) is 63.9 Å². The van der Waals surface area contributed by atoms with Crippen LogP contribution >= 0.6 is 0 Å². The molecule has 4 aliphatic rings. The van der Waals surface area contributed by atoms with E-state index in [2.05, 4.69) is 0 Å². The van der Waals surface area contributed by atoms with Crippen molar-refractivity contribution in [3.05, 3.63) is 17.7 Å². The number of benzene rings is 1. The van der Waals surface area contributed by atoms with E-state index in [9.17, 15) is 49.1 Å². The van der Waals surface area contributed by atoms with Crippen LogP contribution in [0, 0.1) is 17.3 Å². The summed E-state index contributed by atoms with van der Waals surface area (Å²) < 4.78 is 133. The molecular weight excluding hydrogens is 597 g/mol. The van der Waals surface area contributed by atoms with Crippen molar-refractivity contribution >= 4 is 21.7 Å². The number of aliphatic carboxylic acids is 1. The fourth-order valence-corrected chi connectivity index (χ4v) is 8.30. The highest BCUT2D eigenvalue weighted by Crippen LogP contribution is 2.54. The molecule has 1 N–H and O–H groups in total. The second-order valence-corrected chi connectivity index (χ2v) is 14.5. The summed E-state index contributed by atoms with van der Waals surface area (Å²) >= 11 is 0. The fourth-order valence-electron chi connectivity index (χ4n) is 6.72. The van der Waals surface area contributed by atoms with Gasteiger partial charge in [-0.25, -0.2) is 26.0 Å². The first-order valence-corrected chi connectivity index (χ1v) is 15.3. The lowest BCUT2D eigenvalue weighted by molar-refractivity contribution is -0.144.